The lowest BCUT2D eigenvalue weighted by molar-refractivity contribution is -0.135. The first-order valence-corrected chi connectivity index (χ1v) is 5.88. The predicted octanol–water partition coefficient (Wildman–Crippen LogP) is 1.42. The normalized spacial score (nSPS) is 10.3. The Kier molecular flexibility index (Phi) is 3.79. The van der Waals surface area contributed by atoms with E-state index in [1.807, 2.05) is 6.92 Å². The van der Waals surface area contributed by atoms with Gasteiger partial charge in [-0.3, -0.25) is 14.5 Å². The van der Waals surface area contributed by atoms with Gasteiger partial charge in [0.05, 0.1) is 0 Å². The van der Waals surface area contributed by atoms with E-state index in [0.29, 0.717) is 5.69 Å². The van der Waals surface area contributed by atoms with Gasteiger partial charge in [-0.15, -0.1) is 0 Å². The van der Waals surface area contributed by atoms with Crippen molar-refractivity contribution >= 4 is 17.6 Å². The van der Waals surface area contributed by atoms with Gasteiger partial charge in [0.15, 0.2) is 0 Å². The molecule has 1 heterocycles. The Morgan fingerprint density at radius 1 is 1.25 bits per heavy atom. The summed E-state index contributed by atoms with van der Waals surface area (Å²) in [5.74, 6) is -1.66. The van der Waals surface area contributed by atoms with Crippen LogP contribution in [0.3, 0.4) is 0 Å². The number of aromatic nitrogens is 2. The van der Waals surface area contributed by atoms with Gasteiger partial charge in [0.2, 0.25) is 5.89 Å². The average molecular weight is 275 g/mol. The Hall–Kier alpha value is -2.70. The molecule has 0 unspecified atom stereocenters. The summed E-state index contributed by atoms with van der Waals surface area (Å²) in [6.07, 6.45) is 0. The molecule has 7 nitrogen and oxygen atoms in total. The lowest BCUT2D eigenvalue weighted by Crippen LogP contribution is -2.36. The van der Waals surface area contributed by atoms with E-state index in [2.05, 4.69) is 10.1 Å². The van der Waals surface area contributed by atoms with Crippen LogP contribution in [0.1, 0.15) is 22.1 Å². The second-order valence-corrected chi connectivity index (χ2v) is 4.26. The fraction of sp³-hybridized carbons (Fsp3) is 0.231. The van der Waals surface area contributed by atoms with Crippen molar-refractivity contribution in [1.29, 1.82) is 0 Å². The van der Waals surface area contributed by atoms with Crippen LogP contribution in [-0.4, -0.2) is 33.7 Å². The number of hydrogen-bond donors (Lipinski definition) is 1. The van der Waals surface area contributed by atoms with Gasteiger partial charge in [0.1, 0.15) is 6.54 Å². The predicted molar refractivity (Wildman–Crippen MR) is 69.5 cm³/mol. The van der Waals surface area contributed by atoms with E-state index in [9.17, 15) is 9.59 Å². The molecular weight excluding hydrogens is 262 g/mol. The minimum Gasteiger partial charge on any atom is -0.480 e. The van der Waals surface area contributed by atoms with Crippen LogP contribution < -0.4 is 4.90 Å². The highest BCUT2D eigenvalue weighted by atomic mass is 16.5. The molecule has 0 radical (unpaired) electrons. The monoisotopic (exact) mass is 275 g/mol. The zero-order valence-corrected chi connectivity index (χ0v) is 11.0. The summed E-state index contributed by atoms with van der Waals surface area (Å²) in [5, 5.41) is 12.5. The number of aryl methyl sites for hydroxylation is 2. The van der Waals surface area contributed by atoms with Crippen molar-refractivity contribution in [2.45, 2.75) is 13.8 Å². The molecule has 1 aromatic heterocycles. The highest BCUT2D eigenvalue weighted by Gasteiger charge is 2.24. The van der Waals surface area contributed by atoms with E-state index in [1.165, 1.54) is 0 Å². The van der Waals surface area contributed by atoms with E-state index >= 15 is 0 Å². The molecule has 0 aliphatic heterocycles. The van der Waals surface area contributed by atoms with Crippen molar-refractivity contribution in [3.05, 3.63) is 41.5 Å². The third kappa shape index (κ3) is 3.00. The quantitative estimate of drug-likeness (QED) is 0.906. The Labute approximate surface area is 114 Å². The van der Waals surface area contributed by atoms with Crippen LogP contribution in [0.5, 0.6) is 0 Å². The molecule has 0 atom stereocenters. The second-order valence-electron chi connectivity index (χ2n) is 4.26. The van der Waals surface area contributed by atoms with Gasteiger partial charge in [0.25, 0.3) is 11.7 Å². The van der Waals surface area contributed by atoms with Crippen molar-refractivity contribution in [2.75, 3.05) is 11.4 Å². The number of carbonyl (C=O) groups excluding carboxylic acids is 1. The fourth-order valence-corrected chi connectivity index (χ4v) is 1.65. The molecule has 0 fully saturated rings. The van der Waals surface area contributed by atoms with Gasteiger partial charge in [-0.25, -0.2) is 0 Å². The summed E-state index contributed by atoms with van der Waals surface area (Å²) in [4.78, 5) is 28.1. The van der Waals surface area contributed by atoms with Gasteiger partial charge >= 0.3 is 5.97 Å². The maximum absolute atomic E-state index is 12.3. The summed E-state index contributed by atoms with van der Waals surface area (Å²) in [6, 6.07) is 6.92. The number of nitrogens with zero attached hydrogens (tertiary/aromatic N) is 3. The molecular formula is C13H13N3O4. The Bertz CT molecular complexity index is 633. The molecule has 7 heteroatoms. The summed E-state index contributed by atoms with van der Waals surface area (Å²) in [7, 11) is 0. The highest BCUT2D eigenvalue weighted by Crippen LogP contribution is 2.17. The van der Waals surface area contributed by atoms with Gasteiger partial charge in [-0.05, 0) is 19.1 Å². The second kappa shape index (κ2) is 5.52. The molecule has 104 valence electrons. The number of aliphatic carboxylic acids is 1. The summed E-state index contributed by atoms with van der Waals surface area (Å²) < 4.78 is 4.74. The molecule has 2 rings (SSSR count). The molecule has 1 N–H and O–H groups in total. The van der Waals surface area contributed by atoms with Gasteiger partial charge in [-0.2, -0.15) is 4.98 Å². The Morgan fingerprint density at radius 3 is 2.40 bits per heavy atom. The summed E-state index contributed by atoms with van der Waals surface area (Å²) in [6.45, 7) is 2.97. The lowest BCUT2D eigenvalue weighted by Gasteiger charge is -2.19. The molecule has 0 aliphatic carbocycles. The first-order valence-electron chi connectivity index (χ1n) is 5.88. The molecule has 1 amide bonds. The molecule has 0 aliphatic rings. The van der Waals surface area contributed by atoms with Crippen LogP contribution in [0.15, 0.2) is 28.8 Å². The fourth-order valence-electron chi connectivity index (χ4n) is 1.65. The van der Waals surface area contributed by atoms with Crippen molar-refractivity contribution < 1.29 is 19.2 Å². The number of amides is 1. The number of carbonyl (C=O) groups is 2. The zero-order chi connectivity index (χ0) is 14.7. The van der Waals surface area contributed by atoms with E-state index in [1.54, 1.807) is 31.2 Å². The lowest BCUT2D eigenvalue weighted by atomic mass is 10.2. The third-order valence-electron chi connectivity index (χ3n) is 2.60. The Morgan fingerprint density at radius 2 is 1.90 bits per heavy atom. The zero-order valence-electron chi connectivity index (χ0n) is 11.0. The van der Waals surface area contributed by atoms with Crippen molar-refractivity contribution in [1.82, 2.24) is 10.1 Å². The van der Waals surface area contributed by atoms with E-state index in [-0.39, 0.29) is 11.7 Å². The van der Waals surface area contributed by atoms with Crippen molar-refractivity contribution in [2.24, 2.45) is 0 Å². The number of hydrogen-bond acceptors (Lipinski definition) is 5. The number of anilines is 1. The first kappa shape index (κ1) is 13.7. The van der Waals surface area contributed by atoms with Crippen LogP contribution >= 0.6 is 0 Å². The molecule has 0 bridgehead atoms. The van der Waals surface area contributed by atoms with Crippen LogP contribution in [0, 0.1) is 13.8 Å². The van der Waals surface area contributed by atoms with Crippen LogP contribution in [0.25, 0.3) is 0 Å². The number of rotatable bonds is 4. The largest absolute Gasteiger partial charge is 0.480 e. The highest BCUT2D eigenvalue weighted by molar-refractivity contribution is 6.05. The maximum atomic E-state index is 12.3. The molecule has 0 saturated heterocycles. The van der Waals surface area contributed by atoms with Gasteiger partial charge < -0.3 is 9.63 Å². The molecule has 1 aromatic carbocycles. The van der Waals surface area contributed by atoms with Crippen molar-refractivity contribution in [3.63, 3.8) is 0 Å². The van der Waals surface area contributed by atoms with Crippen LogP contribution in [0.2, 0.25) is 0 Å². The maximum Gasteiger partial charge on any atom is 0.323 e. The smallest absolute Gasteiger partial charge is 0.323 e. The average Bonchev–Trinajstić information content (AvgIpc) is 2.83. The number of benzene rings is 1. The summed E-state index contributed by atoms with van der Waals surface area (Å²) >= 11 is 0. The minimum absolute atomic E-state index is 0.163. The number of carboxylic acid groups (broad SMARTS) is 1. The van der Waals surface area contributed by atoms with Gasteiger partial charge in [-0.1, -0.05) is 22.9 Å². The molecule has 2 aromatic rings. The van der Waals surface area contributed by atoms with Crippen LogP contribution in [-0.2, 0) is 4.79 Å². The van der Waals surface area contributed by atoms with E-state index in [0.717, 1.165) is 10.5 Å². The van der Waals surface area contributed by atoms with E-state index < -0.39 is 18.4 Å². The molecule has 0 spiro atoms. The Balaban J connectivity index is 2.34. The number of carboxylic acids is 1. The third-order valence-corrected chi connectivity index (χ3v) is 2.60. The minimum atomic E-state index is -1.13. The first-order chi connectivity index (χ1) is 9.47. The molecule has 20 heavy (non-hydrogen) atoms. The SMILES string of the molecule is Cc1ccc(N(CC(=O)O)C(=O)c2noc(C)n2)cc1. The topological polar surface area (TPSA) is 96.5 Å². The van der Waals surface area contributed by atoms with Gasteiger partial charge in [0, 0.05) is 12.6 Å². The van der Waals surface area contributed by atoms with Crippen LogP contribution in [0.4, 0.5) is 5.69 Å². The molecule has 0 saturated carbocycles. The summed E-state index contributed by atoms with van der Waals surface area (Å²) in [5.41, 5.74) is 1.47. The van der Waals surface area contributed by atoms with E-state index in [4.69, 9.17) is 9.63 Å². The van der Waals surface area contributed by atoms with Crippen molar-refractivity contribution in [3.8, 4) is 0 Å². The standard InChI is InChI=1S/C13H13N3O4/c1-8-3-5-10(6-4-8)16(7-11(17)18)13(19)12-14-9(2)20-15-12/h3-6H,7H2,1-2H3,(H,17,18).